The van der Waals surface area contributed by atoms with Crippen LogP contribution in [0.15, 0.2) is 65.8 Å². The van der Waals surface area contributed by atoms with Gasteiger partial charge in [-0.3, -0.25) is 5.43 Å². The van der Waals surface area contributed by atoms with Crippen LogP contribution in [0.1, 0.15) is 11.1 Å². The lowest BCUT2D eigenvalue weighted by Crippen LogP contribution is -2.31. The standard InChI is InChI=1S/C17H16FN3S/c18-16-10-8-15(9-11-16)13-19-17(22)21-20-12-4-7-14-5-2-1-3-6-14/h1-12H,13H2,(H2,19,21,22)/b7-4+,20-12-. The number of benzene rings is 2. The highest BCUT2D eigenvalue weighted by Gasteiger charge is 1.95. The number of allylic oxidation sites excluding steroid dienone is 1. The molecule has 5 heteroatoms. The summed E-state index contributed by atoms with van der Waals surface area (Å²) in [7, 11) is 0. The van der Waals surface area contributed by atoms with Gasteiger partial charge < -0.3 is 5.32 Å². The van der Waals surface area contributed by atoms with Gasteiger partial charge >= 0.3 is 0 Å². The molecule has 2 N–H and O–H groups in total. The van der Waals surface area contributed by atoms with Crippen LogP contribution in [-0.4, -0.2) is 11.3 Å². The van der Waals surface area contributed by atoms with Gasteiger partial charge in [0.25, 0.3) is 0 Å². The first-order chi connectivity index (χ1) is 10.7. The third-order valence-electron chi connectivity index (χ3n) is 2.78. The van der Waals surface area contributed by atoms with Crippen LogP contribution in [0.3, 0.4) is 0 Å². The van der Waals surface area contributed by atoms with Gasteiger partial charge in [-0.1, -0.05) is 48.5 Å². The molecule has 0 radical (unpaired) electrons. The van der Waals surface area contributed by atoms with E-state index in [0.717, 1.165) is 11.1 Å². The molecule has 2 aromatic carbocycles. The molecule has 0 saturated heterocycles. The van der Waals surface area contributed by atoms with Gasteiger partial charge in [0, 0.05) is 12.8 Å². The first-order valence-electron chi connectivity index (χ1n) is 6.77. The molecule has 3 nitrogen and oxygen atoms in total. The number of nitrogens with one attached hydrogen (secondary N) is 2. The molecule has 0 aliphatic carbocycles. The van der Waals surface area contributed by atoms with Crippen molar-refractivity contribution in [2.75, 3.05) is 0 Å². The summed E-state index contributed by atoms with van der Waals surface area (Å²) in [5, 5.41) is 7.39. The van der Waals surface area contributed by atoms with E-state index in [-0.39, 0.29) is 5.82 Å². The van der Waals surface area contributed by atoms with Gasteiger partial charge in [-0.2, -0.15) is 5.10 Å². The predicted octanol–water partition coefficient (Wildman–Crippen LogP) is 3.49. The summed E-state index contributed by atoms with van der Waals surface area (Å²) in [6, 6.07) is 16.2. The molecular weight excluding hydrogens is 297 g/mol. The molecule has 0 saturated carbocycles. The van der Waals surface area contributed by atoms with Gasteiger partial charge in [-0.05, 0) is 41.6 Å². The lowest BCUT2D eigenvalue weighted by molar-refractivity contribution is 0.626. The van der Waals surface area contributed by atoms with Crippen LogP contribution < -0.4 is 10.7 Å². The smallest absolute Gasteiger partial charge is 0.187 e. The summed E-state index contributed by atoms with van der Waals surface area (Å²) in [5.74, 6) is -0.251. The Bertz CT molecular complexity index is 651. The Morgan fingerprint density at radius 3 is 2.55 bits per heavy atom. The molecule has 0 heterocycles. The molecule has 0 aromatic heterocycles. The lowest BCUT2D eigenvalue weighted by atomic mass is 10.2. The minimum Gasteiger partial charge on any atom is -0.357 e. The fourth-order valence-corrected chi connectivity index (χ4v) is 1.81. The van der Waals surface area contributed by atoms with Gasteiger partial charge in [-0.25, -0.2) is 4.39 Å². The van der Waals surface area contributed by atoms with E-state index in [1.54, 1.807) is 18.3 Å². The number of hydrazone groups is 1. The highest BCUT2D eigenvalue weighted by molar-refractivity contribution is 7.80. The van der Waals surface area contributed by atoms with E-state index in [9.17, 15) is 4.39 Å². The average Bonchev–Trinajstić information content (AvgIpc) is 2.55. The van der Waals surface area contributed by atoms with Crippen LogP contribution in [0, 0.1) is 5.82 Å². The van der Waals surface area contributed by atoms with E-state index in [1.165, 1.54) is 12.1 Å². The van der Waals surface area contributed by atoms with E-state index in [1.807, 2.05) is 42.5 Å². The predicted molar refractivity (Wildman–Crippen MR) is 92.9 cm³/mol. The lowest BCUT2D eigenvalue weighted by Gasteiger charge is -2.06. The number of hydrogen-bond acceptors (Lipinski definition) is 2. The SMILES string of the molecule is Fc1ccc(CNC(=S)N/N=C\C=C\c2ccccc2)cc1. The topological polar surface area (TPSA) is 36.4 Å². The molecule has 0 aliphatic rings. The molecule has 0 aliphatic heterocycles. The Kier molecular flexibility index (Phi) is 6.26. The number of rotatable bonds is 5. The fraction of sp³-hybridized carbons (Fsp3) is 0.0588. The molecule has 0 amide bonds. The Hall–Kier alpha value is -2.53. The largest absolute Gasteiger partial charge is 0.357 e. The summed E-state index contributed by atoms with van der Waals surface area (Å²) in [5.41, 5.74) is 4.76. The van der Waals surface area contributed by atoms with Gasteiger partial charge in [0.1, 0.15) is 5.82 Å². The van der Waals surface area contributed by atoms with Crippen molar-refractivity contribution in [3.05, 3.63) is 77.6 Å². The second-order valence-electron chi connectivity index (χ2n) is 4.47. The summed E-state index contributed by atoms with van der Waals surface area (Å²) >= 11 is 5.09. The third kappa shape index (κ3) is 5.85. The highest BCUT2D eigenvalue weighted by atomic mass is 32.1. The summed E-state index contributed by atoms with van der Waals surface area (Å²) in [6.45, 7) is 0.515. The van der Waals surface area contributed by atoms with Crippen molar-refractivity contribution in [2.45, 2.75) is 6.54 Å². The summed E-state index contributed by atoms with van der Waals surface area (Å²) in [6.07, 6.45) is 5.39. The Labute approximate surface area is 134 Å². The van der Waals surface area contributed by atoms with Crippen molar-refractivity contribution in [1.29, 1.82) is 0 Å². The minimum absolute atomic E-state index is 0.251. The van der Waals surface area contributed by atoms with Gasteiger partial charge in [0.2, 0.25) is 0 Å². The van der Waals surface area contributed by atoms with E-state index in [2.05, 4.69) is 15.8 Å². The Morgan fingerprint density at radius 2 is 1.82 bits per heavy atom. The highest BCUT2D eigenvalue weighted by Crippen LogP contribution is 2.02. The zero-order chi connectivity index (χ0) is 15.6. The maximum Gasteiger partial charge on any atom is 0.187 e. The number of thiocarbonyl (C=S) groups is 1. The van der Waals surface area contributed by atoms with Crippen molar-refractivity contribution in [1.82, 2.24) is 10.7 Å². The Balaban J connectivity index is 1.70. The van der Waals surface area contributed by atoms with Crippen molar-refractivity contribution >= 4 is 29.6 Å². The third-order valence-corrected chi connectivity index (χ3v) is 3.02. The van der Waals surface area contributed by atoms with Crippen LogP contribution in [-0.2, 0) is 6.54 Å². The number of nitrogens with zero attached hydrogens (tertiary/aromatic N) is 1. The molecule has 0 atom stereocenters. The van der Waals surface area contributed by atoms with E-state index < -0.39 is 0 Å². The normalized spacial score (nSPS) is 11.0. The monoisotopic (exact) mass is 313 g/mol. The minimum atomic E-state index is -0.251. The quantitative estimate of drug-likeness (QED) is 0.504. The van der Waals surface area contributed by atoms with Crippen LogP contribution in [0.5, 0.6) is 0 Å². The van der Waals surface area contributed by atoms with Gasteiger partial charge in [-0.15, -0.1) is 0 Å². The first kappa shape index (κ1) is 15.9. The van der Waals surface area contributed by atoms with Crippen molar-refractivity contribution < 1.29 is 4.39 Å². The molecule has 2 rings (SSSR count). The number of halogens is 1. The molecule has 112 valence electrons. The fourth-order valence-electron chi connectivity index (χ4n) is 1.68. The van der Waals surface area contributed by atoms with E-state index in [0.29, 0.717) is 11.7 Å². The van der Waals surface area contributed by atoms with Gasteiger partial charge in [0.15, 0.2) is 5.11 Å². The van der Waals surface area contributed by atoms with Crippen molar-refractivity contribution in [3.63, 3.8) is 0 Å². The van der Waals surface area contributed by atoms with Crippen molar-refractivity contribution in [3.8, 4) is 0 Å². The zero-order valence-corrected chi connectivity index (χ0v) is 12.7. The second-order valence-corrected chi connectivity index (χ2v) is 4.88. The maximum absolute atomic E-state index is 12.8. The molecule has 0 bridgehead atoms. The van der Waals surface area contributed by atoms with Crippen LogP contribution >= 0.6 is 12.2 Å². The van der Waals surface area contributed by atoms with Gasteiger partial charge in [0.05, 0.1) is 0 Å². The Morgan fingerprint density at radius 1 is 1.09 bits per heavy atom. The summed E-state index contributed by atoms with van der Waals surface area (Å²) < 4.78 is 12.8. The molecular formula is C17H16FN3S. The number of hydrogen-bond donors (Lipinski definition) is 2. The molecule has 0 unspecified atom stereocenters. The first-order valence-corrected chi connectivity index (χ1v) is 7.18. The maximum atomic E-state index is 12.8. The van der Waals surface area contributed by atoms with Crippen molar-refractivity contribution in [2.24, 2.45) is 5.10 Å². The summed E-state index contributed by atoms with van der Waals surface area (Å²) in [4.78, 5) is 0. The van der Waals surface area contributed by atoms with Crippen LogP contribution in [0.4, 0.5) is 4.39 Å². The second kappa shape index (κ2) is 8.69. The zero-order valence-electron chi connectivity index (χ0n) is 11.9. The molecule has 2 aromatic rings. The molecule has 22 heavy (non-hydrogen) atoms. The van der Waals surface area contributed by atoms with E-state index in [4.69, 9.17) is 12.2 Å². The van der Waals surface area contributed by atoms with Crippen LogP contribution in [0.2, 0.25) is 0 Å². The average molecular weight is 313 g/mol. The molecule has 0 spiro atoms. The van der Waals surface area contributed by atoms with E-state index >= 15 is 0 Å². The molecule has 0 fully saturated rings. The van der Waals surface area contributed by atoms with Crippen LogP contribution in [0.25, 0.3) is 6.08 Å².